The fraction of sp³-hybridized carbons (Fsp3) is 0.214. The van der Waals surface area contributed by atoms with Crippen molar-refractivity contribution >= 4 is 16.9 Å². The van der Waals surface area contributed by atoms with E-state index < -0.39 is 5.97 Å². The molecule has 4 rings (SSSR count). The number of carbonyl (C=O) groups is 1. The molecule has 0 amide bonds. The molecule has 1 heterocycles. The predicted molar refractivity (Wildman–Crippen MR) is 130 cm³/mol. The summed E-state index contributed by atoms with van der Waals surface area (Å²) in [6.45, 7) is 7.85. The molecule has 0 radical (unpaired) electrons. The lowest BCUT2D eigenvalue weighted by molar-refractivity contribution is -0.136. The summed E-state index contributed by atoms with van der Waals surface area (Å²) in [5.74, 6) is 1.22. The number of fused-ring (bicyclic) bond motifs is 1. The number of esters is 1. The fourth-order valence-electron chi connectivity index (χ4n) is 3.50. The minimum absolute atomic E-state index is 0.0899. The Balaban J connectivity index is 1.47. The first-order chi connectivity index (χ1) is 16.3. The smallest absolute Gasteiger partial charge is 0.349 e. The molecule has 4 aromatic rings. The molecule has 0 N–H and O–H groups in total. The topological polar surface area (TPSA) is 75.0 Å². The molecule has 6 nitrogen and oxygen atoms in total. The summed E-state index contributed by atoms with van der Waals surface area (Å²) in [5, 5.41) is 0.325. The van der Waals surface area contributed by atoms with E-state index in [9.17, 15) is 9.59 Å². The van der Waals surface area contributed by atoms with Crippen molar-refractivity contribution in [2.45, 2.75) is 33.6 Å². The van der Waals surface area contributed by atoms with E-state index in [-0.39, 0.29) is 35.0 Å². The Hall–Kier alpha value is -4.06. The number of aryl methyl sites for hydroxylation is 2. The average molecular weight is 459 g/mol. The molecule has 6 heteroatoms. The van der Waals surface area contributed by atoms with E-state index >= 15 is 0 Å². The molecule has 0 spiro atoms. The summed E-state index contributed by atoms with van der Waals surface area (Å²) in [7, 11) is 0. The first-order valence-corrected chi connectivity index (χ1v) is 11.0. The lowest BCUT2D eigenvalue weighted by atomic mass is 10.0. The third-order valence-corrected chi connectivity index (χ3v) is 5.54. The third-order valence-electron chi connectivity index (χ3n) is 5.54. The van der Waals surface area contributed by atoms with Gasteiger partial charge in [0.2, 0.25) is 11.2 Å². The highest BCUT2D eigenvalue weighted by molar-refractivity contribution is 5.81. The Morgan fingerprint density at radius 2 is 1.68 bits per heavy atom. The van der Waals surface area contributed by atoms with Crippen LogP contribution in [0.15, 0.2) is 76.1 Å². The lowest BCUT2D eigenvalue weighted by Gasteiger charge is -2.13. The van der Waals surface area contributed by atoms with Crippen LogP contribution in [0.25, 0.3) is 11.0 Å². The second-order valence-electron chi connectivity index (χ2n) is 8.39. The summed E-state index contributed by atoms with van der Waals surface area (Å²) < 4.78 is 22.4. The van der Waals surface area contributed by atoms with Gasteiger partial charge in [0, 0.05) is 6.07 Å². The van der Waals surface area contributed by atoms with Crippen LogP contribution in [0.3, 0.4) is 0 Å². The molecule has 34 heavy (non-hydrogen) atoms. The zero-order valence-electron chi connectivity index (χ0n) is 19.6. The quantitative estimate of drug-likeness (QED) is 0.239. The number of ether oxygens (including phenoxy) is 3. The standard InChI is InChI=1S/C28H26O6/c1-17(2)22-7-5-6-8-24(22)34-26-15-32-25-14-21(11-12-23(25)28(26)30)33-27(29)16-31-20-10-9-18(3)19(4)13-20/h5-15,17H,16H2,1-4H3. The molecule has 1 aromatic heterocycles. The summed E-state index contributed by atoms with van der Waals surface area (Å²) in [4.78, 5) is 25.2. The Kier molecular flexibility index (Phi) is 6.68. The van der Waals surface area contributed by atoms with E-state index in [1.165, 1.54) is 12.3 Å². The van der Waals surface area contributed by atoms with Crippen LogP contribution in [-0.2, 0) is 4.79 Å². The van der Waals surface area contributed by atoms with Gasteiger partial charge in [0.25, 0.3) is 0 Å². The first kappa shape index (κ1) is 23.1. The maximum absolute atomic E-state index is 12.9. The number of hydrogen-bond acceptors (Lipinski definition) is 6. The van der Waals surface area contributed by atoms with Crippen molar-refractivity contribution in [1.82, 2.24) is 0 Å². The molecule has 0 aliphatic carbocycles. The van der Waals surface area contributed by atoms with Crippen LogP contribution in [-0.4, -0.2) is 12.6 Å². The van der Waals surface area contributed by atoms with Crippen LogP contribution in [0.2, 0.25) is 0 Å². The Labute approximate surface area is 197 Å². The van der Waals surface area contributed by atoms with Gasteiger partial charge in [-0.3, -0.25) is 4.79 Å². The van der Waals surface area contributed by atoms with Gasteiger partial charge < -0.3 is 18.6 Å². The van der Waals surface area contributed by atoms with E-state index in [1.807, 2.05) is 50.2 Å². The maximum atomic E-state index is 12.9. The summed E-state index contributed by atoms with van der Waals surface area (Å²) in [5.41, 5.74) is 3.19. The first-order valence-electron chi connectivity index (χ1n) is 11.0. The molecule has 0 aliphatic heterocycles. The van der Waals surface area contributed by atoms with Crippen LogP contribution in [0.5, 0.6) is 23.0 Å². The zero-order valence-corrected chi connectivity index (χ0v) is 19.6. The molecular formula is C28H26O6. The van der Waals surface area contributed by atoms with Gasteiger partial charge in [-0.25, -0.2) is 4.79 Å². The van der Waals surface area contributed by atoms with E-state index in [2.05, 4.69) is 13.8 Å². The van der Waals surface area contributed by atoms with Gasteiger partial charge in [-0.1, -0.05) is 38.1 Å². The molecule has 0 fully saturated rings. The van der Waals surface area contributed by atoms with Crippen molar-refractivity contribution in [3.63, 3.8) is 0 Å². The van der Waals surface area contributed by atoms with Gasteiger partial charge in [0.05, 0.1) is 5.39 Å². The minimum Gasteiger partial charge on any atom is -0.482 e. The van der Waals surface area contributed by atoms with Crippen molar-refractivity contribution in [2.24, 2.45) is 0 Å². The predicted octanol–water partition coefficient (Wildman–Crippen LogP) is 6.31. The second-order valence-corrected chi connectivity index (χ2v) is 8.39. The average Bonchev–Trinajstić information content (AvgIpc) is 2.82. The van der Waals surface area contributed by atoms with E-state index in [1.54, 1.807) is 18.2 Å². The zero-order chi connectivity index (χ0) is 24.2. The van der Waals surface area contributed by atoms with Gasteiger partial charge in [-0.2, -0.15) is 0 Å². The van der Waals surface area contributed by atoms with E-state index in [0.717, 1.165) is 16.7 Å². The normalized spacial score (nSPS) is 11.0. The van der Waals surface area contributed by atoms with Gasteiger partial charge in [-0.15, -0.1) is 0 Å². The van der Waals surface area contributed by atoms with Crippen molar-refractivity contribution in [1.29, 1.82) is 0 Å². The van der Waals surface area contributed by atoms with Gasteiger partial charge in [0.1, 0.15) is 29.1 Å². The SMILES string of the molecule is Cc1ccc(OCC(=O)Oc2ccc3c(=O)c(Oc4ccccc4C(C)C)coc3c2)cc1C. The van der Waals surface area contributed by atoms with Crippen LogP contribution in [0, 0.1) is 13.8 Å². The summed E-state index contributed by atoms with van der Waals surface area (Å²) in [6, 6.07) is 17.8. The molecule has 174 valence electrons. The third kappa shape index (κ3) is 5.12. The van der Waals surface area contributed by atoms with Gasteiger partial charge in [-0.05, 0) is 66.8 Å². The Morgan fingerprint density at radius 3 is 2.44 bits per heavy atom. The fourth-order valence-corrected chi connectivity index (χ4v) is 3.50. The lowest BCUT2D eigenvalue weighted by Crippen LogP contribution is -2.17. The van der Waals surface area contributed by atoms with Crippen molar-refractivity contribution < 1.29 is 23.4 Å². The van der Waals surface area contributed by atoms with Crippen molar-refractivity contribution in [2.75, 3.05) is 6.61 Å². The van der Waals surface area contributed by atoms with Gasteiger partial charge >= 0.3 is 5.97 Å². The molecule has 0 saturated carbocycles. The molecule has 0 bridgehead atoms. The molecule has 0 unspecified atom stereocenters. The van der Waals surface area contributed by atoms with Crippen LogP contribution in [0.1, 0.15) is 36.5 Å². The monoisotopic (exact) mass is 458 g/mol. The molecule has 0 aliphatic rings. The summed E-state index contributed by atoms with van der Waals surface area (Å²) in [6.07, 6.45) is 1.27. The van der Waals surface area contributed by atoms with E-state index in [0.29, 0.717) is 16.9 Å². The number of rotatable bonds is 7. The van der Waals surface area contributed by atoms with Crippen LogP contribution >= 0.6 is 0 Å². The second kappa shape index (κ2) is 9.83. The summed E-state index contributed by atoms with van der Waals surface area (Å²) >= 11 is 0. The minimum atomic E-state index is -0.565. The highest BCUT2D eigenvalue weighted by Gasteiger charge is 2.14. The number of carbonyl (C=O) groups excluding carboxylic acids is 1. The highest BCUT2D eigenvalue weighted by atomic mass is 16.6. The van der Waals surface area contributed by atoms with Crippen LogP contribution < -0.4 is 19.6 Å². The van der Waals surface area contributed by atoms with E-state index in [4.69, 9.17) is 18.6 Å². The number of para-hydroxylation sites is 1. The molecule has 0 saturated heterocycles. The Bertz CT molecular complexity index is 1400. The number of benzene rings is 3. The van der Waals surface area contributed by atoms with Crippen molar-refractivity contribution in [3.05, 3.63) is 93.8 Å². The molecule has 3 aromatic carbocycles. The van der Waals surface area contributed by atoms with Crippen molar-refractivity contribution in [3.8, 4) is 23.0 Å². The van der Waals surface area contributed by atoms with Crippen LogP contribution in [0.4, 0.5) is 0 Å². The molecular weight excluding hydrogens is 432 g/mol. The number of hydrogen-bond donors (Lipinski definition) is 0. The molecule has 0 atom stereocenters. The maximum Gasteiger partial charge on any atom is 0.349 e. The highest BCUT2D eigenvalue weighted by Crippen LogP contribution is 2.30. The largest absolute Gasteiger partial charge is 0.482 e. The van der Waals surface area contributed by atoms with Gasteiger partial charge in [0.15, 0.2) is 6.61 Å². The Morgan fingerprint density at radius 1 is 0.912 bits per heavy atom.